The first-order valence-corrected chi connectivity index (χ1v) is 6.69. The summed E-state index contributed by atoms with van der Waals surface area (Å²) >= 11 is 0. The van der Waals surface area contributed by atoms with Crippen LogP contribution >= 0.6 is 0 Å². The normalized spacial score (nSPS) is 17.8. The maximum Gasteiger partial charge on any atom is 0.251 e. The Morgan fingerprint density at radius 2 is 2.21 bits per heavy atom. The lowest BCUT2D eigenvalue weighted by atomic mass is 10.1. The van der Waals surface area contributed by atoms with E-state index in [1.54, 1.807) is 0 Å². The van der Waals surface area contributed by atoms with E-state index in [1.165, 1.54) is 11.1 Å². The molecule has 1 aromatic rings. The predicted octanol–water partition coefficient (Wildman–Crippen LogP) is 1.37. The zero-order chi connectivity index (χ0) is 13.1. The zero-order valence-electron chi connectivity index (χ0n) is 10.9. The van der Waals surface area contributed by atoms with Crippen LogP contribution in [0.1, 0.15) is 27.9 Å². The molecule has 0 spiro atoms. The number of carbonyl (C=O) groups excluding carboxylic acids is 1. The van der Waals surface area contributed by atoms with Gasteiger partial charge in [0.2, 0.25) is 0 Å². The summed E-state index contributed by atoms with van der Waals surface area (Å²) in [6.45, 7) is 3.83. The van der Waals surface area contributed by atoms with Crippen molar-refractivity contribution in [1.82, 2.24) is 10.6 Å². The Morgan fingerprint density at radius 3 is 3.05 bits per heavy atom. The fraction of sp³-hybridized carbons (Fsp3) is 0.400. The average Bonchev–Trinajstić information content (AvgIpc) is 2.93. The third-order valence-corrected chi connectivity index (χ3v) is 3.62. The molecule has 0 radical (unpaired) electrons. The van der Waals surface area contributed by atoms with Crippen molar-refractivity contribution in [2.45, 2.75) is 19.6 Å². The first-order valence-electron chi connectivity index (χ1n) is 6.69. The fourth-order valence-electron chi connectivity index (χ4n) is 2.44. The first kappa shape index (κ1) is 12.4. The van der Waals surface area contributed by atoms with Gasteiger partial charge >= 0.3 is 0 Å². The van der Waals surface area contributed by atoms with E-state index in [2.05, 4.69) is 16.7 Å². The second-order valence-electron chi connectivity index (χ2n) is 4.98. The molecule has 0 aromatic heterocycles. The second kappa shape index (κ2) is 5.55. The van der Waals surface area contributed by atoms with Gasteiger partial charge in [0.15, 0.2) is 0 Å². The lowest BCUT2D eigenvalue weighted by molar-refractivity contribution is 0.0956. The van der Waals surface area contributed by atoms with E-state index in [1.807, 2.05) is 18.2 Å². The molecule has 1 aromatic carbocycles. The molecule has 4 heteroatoms. The van der Waals surface area contributed by atoms with Gasteiger partial charge in [-0.05, 0) is 36.2 Å². The Morgan fingerprint density at radius 1 is 1.32 bits per heavy atom. The smallest absolute Gasteiger partial charge is 0.251 e. The van der Waals surface area contributed by atoms with Gasteiger partial charge in [0.1, 0.15) is 0 Å². The van der Waals surface area contributed by atoms with Crippen LogP contribution in [0.4, 0.5) is 0 Å². The molecule has 0 aliphatic carbocycles. The summed E-state index contributed by atoms with van der Waals surface area (Å²) in [4.78, 5) is 12.1. The lowest BCUT2D eigenvalue weighted by Gasteiger charge is -2.14. The number of ether oxygens (including phenoxy) is 1. The van der Waals surface area contributed by atoms with Crippen LogP contribution in [0, 0.1) is 0 Å². The monoisotopic (exact) mass is 258 g/mol. The third kappa shape index (κ3) is 2.85. The van der Waals surface area contributed by atoms with Crippen LogP contribution in [0.3, 0.4) is 0 Å². The molecule has 2 N–H and O–H groups in total. The maximum atomic E-state index is 12.1. The summed E-state index contributed by atoms with van der Waals surface area (Å²) in [6.07, 6.45) is 3.17. The van der Waals surface area contributed by atoms with Crippen molar-refractivity contribution in [3.05, 3.63) is 46.5 Å². The Kier molecular flexibility index (Phi) is 3.62. The van der Waals surface area contributed by atoms with Gasteiger partial charge in [-0.2, -0.15) is 0 Å². The van der Waals surface area contributed by atoms with Crippen molar-refractivity contribution in [1.29, 1.82) is 0 Å². The first-order chi connectivity index (χ1) is 9.33. The van der Waals surface area contributed by atoms with Gasteiger partial charge in [0, 0.05) is 18.7 Å². The van der Waals surface area contributed by atoms with Gasteiger partial charge in [0.25, 0.3) is 5.91 Å². The summed E-state index contributed by atoms with van der Waals surface area (Å²) in [5, 5.41) is 6.24. The molecule has 0 fully saturated rings. The van der Waals surface area contributed by atoms with Gasteiger partial charge < -0.3 is 15.4 Å². The molecule has 0 atom stereocenters. The van der Waals surface area contributed by atoms with Crippen molar-refractivity contribution in [2.24, 2.45) is 0 Å². The van der Waals surface area contributed by atoms with Crippen LogP contribution in [0.15, 0.2) is 29.8 Å². The Balaban J connectivity index is 1.62. The number of hydrogen-bond donors (Lipinski definition) is 2. The number of hydrogen-bond acceptors (Lipinski definition) is 3. The number of benzene rings is 1. The zero-order valence-corrected chi connectivity index (χ0v) is 10.9. The highest BCUT2D eigenvalue weighted by molar-refractivity contribution is 5.94. The standard InChI is InChI=1S/C15H18N2O2/c18-15(17-8-11-3-5-16-6-4-11)12-1-2-13-9-19-10-14(13)7-12/h1-3,7,16H,4-6,8-10H2,(H,17,18). The number of fused-ring (bicyclic) bond motifs is 1. The Hall–Kier alpha value is -1.65. The lowest BCUT2D eigenvalue weighted by Crippen LogP contribution is -2.29. The van der Waals surface area contributed by atoms with E-state index >= 15 is 0 Å². The highest BCUT2D eigenvalue weighted by Gasteiger charge is 2.14. The van der Waals surface area contributed by atoms with Gasteiger partial charge in [-0.25, -0.2) is 0 Å². The summed E-state index contributed by atoms with van der Waals surface area (Å²) in [6, 6.07) is 5.80. The molecule has 1 amide bonds. The molecule has 0 saturated carbocycles. The van der Waals surface area contributed by atoms with Gasteiger partial charge in [0.05, 0.1) is 13.2 Å². The molecule has 2 aliphatic heterocycles. The van der Waals surface area contributed by atoms with Crippen LogP contribution in [0.25, 0.3) is 0 Å². The van der Waals surface area contributed by atoms with Crippen LogP contribution in [-0.2, 0) is 18.0 Å². The van der Waals surface area contributed by atoms with Gasteiger partial charge in [-0.15, -0.1) is 0 Å². The minimum Gasteiger partial charge on any atom is -0.372 e. The molecular formula is C15H18N2O2. The minimum absolute atomic E-state index is 0.00543. The van der Waals surface area contributed by atoms with Crippen molar-refractivity contribution >= 4 is 5.91 Å². The summed E-state index contributed by atoms with van der Waals surface area (Å²) in [7, 11) is 0. The highest BCUT2D eigenvalue weighted by atomic mass is 16.5. The molecule has 100 valence electrons. The van der Waals surface area contributed by atoms with E-state index in [0.717, 1.165) is 30.6 Å². The van der Waals surface area contributed by atoms with Crippen LogP contribution in [0.5, 0.6) is 0 Å². The fourth-order valence-corrected chi connectivity index (χ4v) is 2.44. The average molecular weight is 258 g/mol. The van der Waals surface area contributed by atoms with Crippen molar-refractivity contribution in [3.63, 3.8) is 0 Å². The molecular weight excluding hydrogens is 240 g/mol. The molecule has 2 heterocycles. The van der Waals surface area contributed by atoms with E-state index in [9.17, 15) is 4.79 Å². The molecule has 0 saturated heterocycles. The van der Waals surface area contributed by atoms with Gasteiger partial charge in [-0.1, -0.05) is 17.7 Å². The van der Waals surface area contributed by atoms with Crippen LogP contribution in [0.2, 0.25) is 0 Å². The molecule has 3 rings (SSSR count). The topological polar surface area (TPSA) is 50.4 Å². The van der Waals surface area contributed by atoms with Crippen molar-refractivity contribution in [2.75, 3.05) is 19.6 Å². The Labute approximate surface area is 112 Å². The van der Waals surface area contributed by atoms with Crippen LogP contribution in [-0.4, -0.2) is 25.5 Å². The van der Waals surface area contributed by atoms with E-state index in [-0.39, 0.29) is 5.91 Å². The second-order valence-corrected chi connectivity index (χ2v) is 4.98. The molecule has 0 bridgehead atoms. The Bertz CT molecular complexity index is 523. The number of nitrogens with one attached hydrogen (secondary N) is 2. The minimum atomic E-state index is -0.00543. The van der Waals surface area contributed by atoms with E-state index in [4.69, 9.17) is 4.74 Å². The number of carbonyl (C=O) groups is 1. The van der Waals surface area contributed by atoms with Crippen molar-refractivity contribution in [3.8, 4) is 0 Å². The van der Waals surface area contributed by atoms with E-state index in [0.29, 0.717) is 19.8 Å². The van der Waals surface area contributed by atoms with Gasteiger partial charge in [-0.3, -0.25) is 4.79 Å². The molecule has 0 unspecified atom stereocenters. The van der Waals surface area contributed by atoms with Crippen molar-refractivity contribution < 1.29 is 9.53 Å². The quantitative estimate of drug-likeness (QED) is 0.805. The number of amides is 1. The SMILES string of the molecule is O=C(NCC1=CCNCC1)c1ccc2c(c1)COC2. The molecule has 2 aliphatic rings. The largest absolute Gasteiger partial charge is 0.372 e. The predicted molar refractivity (Wildman–Crippen MR) is 72.8 cm³/mol. The van der Waals surface area contributed by atoms with E-state index < -0.39 is 0 Å². The van der Waals surface area contributed by atoms with Crippen LogP contribution < -0.4 is 10.6 Å². The third-order valence-electron chi connectivity index (χ3n) is 3.62. The number of rotatable bonds is 3. The molecule has 19 heavy (non-hydrogen) atoms. The maximum absolute atomic E-state index is 12.1. The summed E-state index contributed by atoms with van der Waals surface area (Å²) in [5.41, 5.74) is 4.35. The molecule has 4 nitrogen and oxygen atoms in total. The highest BCUT2D eigenvalue weighted by Crippen LogP contribution is 2.20. The summed E-state index contributed by atoms with van der Waals surface area (Å²) in [5.74, 6) is -0.00543. The summed E-state index contributed by atoms with van der Waals surface area (Å²) < 4.78 is 5.36.